The van der Waals surface area contributed by atoms with Crippen LogP contribution in [0.15, 0.2) is 61.1 Å². The molecule has 0 aliphatic carbocycles. The number of nitrogens with one attached hydrogen (secondary N) is 2. The van der Waals surface area contributed by atoms with Gasteiger partial charge in [0.1, 0.15) is 23.7 Å². The maximum absolute atomic E-state index is 14.1. The highest BCUT2D eigenvalue weighted by Gasteiger charge is 2.19. The number of amides is 1. The largest absolute Gasteiger partial charge is 0.394 e. The number of aromatic nitrogens is 5. The lowest BCUT2D eigenvalue weighted by Gasteiger charge is -2.18. The van der Waals surface area contributed by atoms with E-state index in [-0.39, 0.29) is 11.1 Å². The van der Waals surface area contributed by atoms with Crippen molar-refractivity contribution in [1.29, 1.82) is 0 Å². The monoisotopic (exact) mass is 465 g/mol. The van der Waals surface area contributed by atoms with Gasteiger partial charge in [-0.2, -0.15) is 0 Å². The standard InChI is InChI=1S/C23H21F2N7O2/c1-32-21(30-31-22(32)19-7-8-26-13-28-19)11-27-16-4-2-3-14(9-16)23(34)29-20(12-33)17-10-15(24)5-6-18(17)25/h2-10,13,20,27,33H,11-12H2,1H3,(H,29,34)/t20-/m0/s1. The van der Waals surface area contributed by atoms with Crippen molar-refractivity contribution in [2.24, 2.45) is 7.05 Å². The Morgan fingerprint density at radius 1 is 1.15 bits per heavy atom. The van der Waals surface area contributed by atoms with Crippen LogP contribution in [0, 0.1) is 11.6 Å². The minimum atomic E-state index is -1.10. The van der Waals surface area contributed by atoms with Crippen molar-refractivity contribution >= 4 is 11.6 Å². The fourth-order valence-electron chi connectivity index (χ4n) is 3.36. The second-order valence-electron chi connectivity index (χ2n) is 7.40. The highest BCUT2D eigenvalue weighted by atomic mass is 19.1. The molecule has 3 N–H and O–H groups in total. The average molecular weight is 465 g/mol. The summed E-state index contributed by atoms with van der Waals surface area (Å²) >= 11 is 0. The molecule has 0 fully saturated rings. The number of carbonyl (C=O) groups excluding carboxylic acids is 1. The fourth-order valence-corrected chi connectivity index (χ4v) is 3.36. The number of anilines is 1. The number of nitrogens with zero attached hydrogens (tertiary/aromatic N) is 5. The summed E-state index contributed by atoms with van der Waals surface area (Å²) in [7, 11) is 1.82. The van der Waals surface area contributed by atoms with E-state index in [2.05, 4.69) is 30.8 Å². The summed E-state index contributed by atoms with van der Waals surface area (Å²) in [6.45, 7) is -0.266. The lowest BCUT2D eigenvalue weighted by atomic mass is 10.1. The Morgan fingerprint density at radius 3 is 2.76 bits per heavy atom. The highest BCUT2D eigenvalue weighted by molar-refractivity contribution is 5.95. The van der Waals surface area contributed by atoms with Crippen LogP contribution >= 0.6 is 0 Å². The molecule has 2 aromatic heterocycles. The van der Waals surface area contributed by atoms with Crippen LogP contribution < -0.4 is 10.6 Å². The van der Waals surface area contributed by atoms with Crippen LogP contribution in [-0.2, 0) is 13.6 Å². The molecular weight excluding hydrogens is 444 g/mol. The van der Waals surface area contributed by atoms with Gasteiger partial charge in [-0.1, -0.05) is 6.07 Å². The van der Waals surface area contributed by atoms with Gasteiger partial charge in [-0.3, -0.25) is 4.79 Å². The molecule has 9 nitrogen and oxygen atoms in total. The van der Waals surface area contributed by atoms with E-state index >= 15 is 0 Å². The molecule has 0 radical (unpaired) electrons. The Labute approximate surface area is 193 Å². The van der Waals surface area contributed by atoms with Crippen molar-refractivity contribution < 1.29 is 18.7 Å². The first-order chi connectivity index (χ1) is 16.5. The third kappa shape index (κ3) is 5.04. The molecule has 0 bridgehead atoms. The van der Waals surface area contributed by atoms with Gasteiger partial charge in [0.15, 0.2) is 11.6 Å². The summed E-state index contributed by atoms with van der Waals surface area (Å²) in [6, 6.07) is 10.1. The molecule has 4 aromatic rings. The van der Waals surface area contributed by atoms with Gasteiger partial charge in [0.2, 0.25) is 0 Å². The Hall–Kier alpha value is -4.25. The number of rotatable bonds is 8. The zero-order valence-corrected chi connectivity index (χ0v) is 18.1. The summed E-state index contributed by atoms with van der Waals surface area (Å²) in [5, 5.41) is 23.7. The van der Waals surface area contributed by atoms with Gasteiger partial charge in [0, 0.05) is 30.1 Å². The van der Waals surface area contributed by atoms with Crippen molar-refractivity contribution in [2.75, 3.05) is 11.9 Å². The van der Waals surface area contributed by atoms with E-state index in [9.17, 15) is 18.7 Å². The number of hydrogen-bond acceptors (Lipinski definition) is 7. The average Bonchev–Trinajstić information content (AvgIpc) is 3.23. The Kier molecular flexibility index (Phi) is 6.83. The van der Waals surface area contributed by atoms with E-state index in [1.54, 1.807) is 41.1 Å². The number of carbonyl (C=O) groups is 1. The van der Waals surface area contributed by atoms with Crippen molar-refractivity contribution in [3.05, 3.63) is 89.6 Å². The quantitative estimate of drug-likeness (QED) is 0.366. The Morgan fingerprint density at radius 2 is 2.00 bits per heavy atom. The number of benzene rings is 2. The molecule has 0 aliphatic rings. The maximum Gasteiger partial charge on any atom is 0.251 e. The summed E-state index contributed by atoms with van der Waals surface area (Å²) in [4.78, 5) is 20.8. The van der Waals surface area contributed by atoms with Crippen molar-refractivity contribution in [3.63, 3.8) is 0 Å². The van der Waals surface area contributed by atoms with E-state index < -0.39 is 30.2 Å². The van der Waals surface area contributed by atoms with Crippen LogP contribution in [0.4, 0.5) is 14.5 Å². The first kappa shape index (κ1) is 22.9. The number of aliphatic hydroxyl groups excluding tert-OH is 1. The third-order valence-electron chi connectivity index (χ3n) is 5.17. The molecule has 0 spiro atoms. The molecule has 1 amide bonds. The van der Waals surface area contributed by atoms with E-state index in [0.717, 1.165) is 18.2 Å². The van der Waals surface area contributed by atoms with Crippen molar-refractivity contribution in [2.45, 2.75) is 12.6 Å². The molecule has 174 valence electrons. The lowest BCUT2D eigenvalue weighted by Crippen LogP contribution is -2.31. The summed E-state index contributed by atoms with van der Waals surface area (Å²) < 4.78 is 29.4. The first-order valence-electron chi connectivity index (χ1n) is 10.3. The van der Waals surface area contributed by atoms with Crippen LogP contribution in [0.5, 0.6) is 0 Å². The number of aliphatic hydroxyl groups is 1. The zero-order valence-electron chi connectivity index (χ0n) is 18.1. The summed E-state index contributed by atoms with van der Waals surface area (Å²) in [5.41, 5.74) is 1.42. The van der Waals surface area contributed by atoms with Gasteiger partial charge >= 0.3 is 0 Å². The van der Waals surface area contributed by atoms with E-state index in [0.29, 0.717) is 29.6 Å². The topological polar surface area (TPSA) is 118 Å². The van der Waals surface area contributed by atoms with E-state index in [1.807, 2.05) is 7.05 Å². The molecule has 34 heavy (non-hydrogen) atoms. The minimum absolute atomic E-state index is 0.132. The van der Waals surface area contributed by atoms with Crippen LogP contribution in [0.3, 0.4) is 0 Å². The van der Waals surface area contributed by atoms with Crippen LogP contribution in [0.1, 0.15) is 27.8 Å². The predicted molar refractivity (Wildman–Crippen MR) is 119 cm³/mol. The molecule has 0 aliphatic heterocycles. The van der Waals surface area contributed by atoms with Gasteiger partial charge in [-0.15, -0.1) is 10.2 Å². The minimum Gasteiger partial charge on any atom is -0.394 e. The molecule has 0 unspecified atom stereocenters. The zero-order chi connectivity index (χ0) is 24.1. The Bertz CT molecular complexity index is 1300. The van der Waals surface area contributed by atoms with Gasteiger partial charge in [-0.25, -0.2) is 18.7 Å². The second kappa shape index (κ2) is 10.1. The van der Waals surface area contributed by atoms with Gasteiger partial charge < -0.3 is 20.3 Å². The van der Waals surface area contributed by atoms with Gasteiger partial charge in [0.25, 0.3) is 5.91 Å². The second-order valence-corrected chi connectivity index (χ2v) is 7.40. The van der Waals surface area contributed by atoms with Crippen LogP contribution in [0.2, 0.25) is 0 Å². The van der Waals surface area contributed by atoms with Crippen molar-refractivity contribution in [3.8, 4) is 11.5 Å². The summed E-state index contributed by atoms with van der Waals surface area (Å²) in [5.74, 6) is -0.698. The molecule has 4 rings (SSSR count). The molecular formula is C23H21F2N7O2. The lowest BCUT2D eigenvalue weighted by molar-refractivity contribution is 0.0915. The predicted octanol–water partition coefficient (Wildman–Crippen LogP) is 2.63. The van der Waals surface area contributed by atoms with Crippen LogP contribution in [0.25, 0.3) is 11.5 Å². The van der Waals surface area contributed by atoms with Crippen molar-refractivity contribution in [1.82, 2.24) is 30.0 Å². The molecule has 11 heteroatoms. The van der Waals surface area contributed by atoms with Crippen LogP contribution in [-0.4, -0.2) is 42.4 Å². The van der Waals surface area contributed by atoms with E-state index in [4.69, 9.17) is 0 Å². The third-order valence-corrected chi connectivity index (χ3v) is 5.17. The molecule has 0 saturated carbocycles. The van der Waals surface area contributed by atoms with Gasteiger partial charge in [0.05, 0.1) is 19.2 Å². The molecule has 0 saturated heterocycles. The maximum atomic E-state index is 14.1. The smallest absolute Gasteiger partial charge is 0.251 e. The van der Waals surface area contributed by atoms with E-state index in [1.165, 1.54) is 6.33 Å². The van der Waals surface area contributed by atoms with Gasteiger partial charge in [-0.05, 0) is 42.5 Å². The molecule has 1 atom stereocenters. The Balaban J connectivity index is 1.44. The number of hydrogen-bond donors (Lipinski definition) is 3. The fraction of sp³-hybridized carbons (Fsp3) is 0.174. The summed E-state index contributed by atoms with van der Waals surface area (Å²) in [6.07, 6.45) is 3.05. The SMILES string of the molecule is Cn1c(CNc2cccc(C(=O)N[C@@H](CO)c3cc(F)ccc3F)c2)nnc1-c1ccncn1. The highest BCUT2D eigenvalue weighted by Crippen LogP contribution is 2.20. The molecule has 2 heterocycles. The first-order valence-corrected chi connectivity index (χ1v) is 10.3. The number of halogens is 2. The molecule has 2 aromatic carbocycles. The normalized spacial score (nSPS) is 11.8.